The van der Waals surface area contributed by atoms with Crippen molar-refractivity contribution in [3.63, 3.8) is 0 Å². The zero-order chi connectivity index (χ0) is 28.1. The van der Waals surface area contributed by atoms with Crippen molar-refractivity contribution in [3.05, 3.63) is 64.7 Å². The Balaban J connectivity index is 1.70. The molecule has 2 aliphatic rings. The first-order valence-corrected chi connectivity index (χ1v) is 13.5. The Morgan fingerprint density at radius 3 is 2.72 bits per heavy atom. The molecule has 1 unspecified atom stereocenters. The van der Waals surface area contributed by atoms with Gasteiger partial charge in [0.05, 0.1) is 18.2 Å². The van der Waals surface area contributed by atoms with Crippen LogP contribution in [0.25, 0.3) is 0 Å². The lowest BCUT2D eigenvalue weighted by molar-refractivity contribution is -0.123. The monoisotopic (exact) mass is 540 g/mol. The van der Waals surface area contributed by atoms with E-state index in [0.29, 0.717) is 36.6 Å². The number of carbonyl (C=O) groups is 1. The zero-order valence-electron chi connectivity index (χ0n) is 23.3. The van der Waals surface area contributed by atoms with E-state index in [4.69, 9.17) is 9.73 Å². The number of halogens is 2. The summed E-state index contributed by atoms with van der Waals surface area (Å²) in [5.74, 6) is -1.88. The molecule has 10 heteroatoms. The number of nitrogens with zero attached hydrogens (tertiary/aromatic N) is 4. The number of nitrogens with one attached hydrogen (secondary N) is 2. The number of hydrogen-bond donors (Lipinski definition) is 2. The van der Waals surface area contributed by atoms with Crippen molar-refractivity contribution in [2.45, 2.75) is 46.7 Å². The standard InChI is InChI=1S/C29H38F2N6O2/c1-6-32-29(38)22-11-10-20(12-19(22)4)17-37-28(34-18(2)3)24(33-14-21-15-36(5)16-21)13-26(35-37)39-25-9-7-8-23(30)27(25)31/h7-10,12-13,18,21-22,33H,6,11,14-17H2,1-5H3,(H,32,38). The fourth-order valence-corrected chi connectivity index (χ4v) is 4.88. The summed E-state index contributed by atoms with van der Waals surface area (Å²) in [5, 5.41) is 11.0. The molecule has 0 radical (unpaired) electrons. The number of anilines is 1. The lowest BCUT2D eigenvalue weighted by atomic mass is 9.88. The number of likely N-dealkylation sites (tertiary alicyclic amines) is 1. The molecule has 1 aromatic carbocycles. The Hall–Kier alpha value is -3.53. The van der Waals surface area contributed by atoms with Crippen LogP contribution in [-0.2, 0) is 11.3 Å². The van der Waals surface area contributed by atoms with Gasteiger partial charge in [0.25, 0.3) is 0 Å². The molecule has 210 valence electrons. The molecule has 0 spiro atoms. The second kappa shape index (κ2) is 12.5. The zero-order valence-corrected chi connectivity index (χ0v) is 23.3. The van der Waals surface area contributed by atoms with Gasteiger partial charge in [0.15, 0.2) is 17.1 Å². The van der Waals surface area contributed by atoms with Gasteiger partial charge in [-0.15, -0.1) is 5.10 Å². The third kappa shape index (κ3) is 7.11. The molecule has 1 saturated heterocycles. The average Bonchev–Trinajstić information content (AvgIpc) is 2.85. The van der Waals surface area contributed by atoms with Gasteiger partial charge < -0.3 is 20.3 Å². The van der Waals surface area contributed by atoms with Gasteiger partial charge in [-0.3, -0.25) is 9.79 Å². The van der Waals surface area contributed by atoms with Gasteiger partial charge in [-0.2, -0.15) is 4.39 Å². The normalized spacial score (nSPS) is 18.5. The van der Waals surface area contributed by atoms with Crippen LogP contribution in [0.2, 0.25) is 0 Å². The third-order valence-electron chi connectivity index (χ3n) is 6.78. The predicted molar refractivity (Wildman–Crippen MR) is 147 cm³/mol. The van der Waals surface area contributed by atoms with Gasteiger partial charge in [-0.25, -0.2) is 9.07 Å². The number of rotatable bonds is 10. The molecule has 1 atom stereocenters. The van der Waals surface area contributed by atoms with E-state index in [1.807, 2.05) is 39.8 Å². The van der Waals surface area contributed by atoms with E-state index in [1.165, 1.54) is 12.1 Å². The van der Waals surface area contributed by atoms with Crippen molar-refractivity contribution in [2.75, 3.05) is 38.5 Å². The van der Waals surface area contributed by atoms with Crippen molar-refractivity contribution >= 4 is 11.6 Å². The number of allylic oxidation sites excluding steroid dienone is 3. The minimum atomic E-state index is -1.07. The molecule has 39 heavy (non-hydrogen) atoms. The predicted octanol–water partition coefficient (Wildman–Crippen LogP) is 4.26. The highest BCUT2D eigenvalue weighted by Crippen LogP contribution is 2.27. The van der Waals surface area contributed by atoms with E-state index in [9.17, 15) is 13.6 Å². The van der Waals surface area contributed by atoms with E-state index in [2.05, 4.69) is 27.7 Å². The first kappa shape index (κ1) is 28.5. The fraction of sp³-hybridized carbons (Fsp3) is 0.483. The molecular weight excluding hydrogens is 502 g/mol. The summed E-state index contributed by atoms with van der Waals surface area (Å²) in [6.07, 6.45) is 4.64. The van der Waals surface area contributed by atoms with Crippen molar-refractivity contribution in [1.29, 1.82) is 0 Å². The Labute approximate surface area is 228 Å². The van der Waals surface area contributed by atoms with E-state index in [-0.39, 0.29) is 29.5 Å². The second-order valence-corrected chi connectivity index (χ2v) is 10.6. The van der Waals surface area contributed by atoms with Crippen LogP contribution in [0.4, 0.5) is 14.5 Å². The Morgan fingerprint density at radius 1 is 1.28 bits per heavy atom. The highest BCUT2D eigenvalue weighted by atomic mass is 19.2. The number of carbonyl (C=O) groups excluding carboxylic acids is 1. The number of benzene rings is 1. The van der Waals surface area contributed by atoms with Gasteiger partial charge in [0.1, 0.15) is 0 Å². The average molecular weight is 541 g/mol. The van der Waals surface area contributed by atoms with E-state index >= 15 is 0 Å². The van der Waals surface area contributed by atoms with Gasteiger partial charge in [-0.1, -0.05) is 23.8 Å². The molecule has 2 aromatic rings. The van der Waals surface area contributed by atoms with Gasteiger partial charge in [-0.05, 0) is 58.9 Å². The second-order valence-electron chi connectivity index (χ2n) is 10.6. The number of ether oxygens (including phenoxy) is 1. The highest BCUT2D eigenvalue weighted by Gasteiger charge is 2.24. The molecule has 4 rings (SSSR count). The molecule has 0 saturated carbocycles. The molecule has 1 amide bonds. The smallest absolute Gasteiger partial charge is 0.239 e. The van der Waals surface area contributed by atoms with Gasteiger partial charge in [0, 0.05) is 44.2 Å². The summed E-state index contributed by atoms with van der Waals surface area (Å²) in [4.78, 5) is 19.5. The number of hydrogen-bond acceptors (Lipinski definition) is 6. The molecule has 8 nitrogen and oxygen atoms in total. The first-order chi connectivity index (χ1) is 18.6. The maximum atomic E-state index is 14.4. The quantitative estimate of drug-likeness (QED) is 0.471. The van der Waals surface area contributed by atoms with Crippen LogP contribution in [0.3, 0.4) is 0 Å². The summed E-state index contributed by atoms with van der Waals surface area (Å²) in [6, 6.07) is 5.47. The summed E-state index contributed by atoms with van der Waals surface area (Å²) in [5.41, 5.74) is 3.30. The first-order valence-electron chi connectivity index (χ1n) is 13.5. The number of aromatic nitrogens is 2. The van der Waals surface area contributed by atoms with Crippen LogP contribution < -0.4 is 20.9 Å². The van der Waals surface area contributed by atoms with Crippen LogP contribution in [-0.4, -0.2) is 59.9 Å². The molecular formula is C29H38F2N6O2. The summed E-state index contributed by atoms with van der Waals surface area (Å²) < 4.78 is 35.8. The SMILES string of the molecule is CCNC(=O)C1CC=C(Cn2nc(Oc3cccc(F)c3F)cc(NCC3CN(C)C3)c2=NC(C)C)C=C1C. The lowest BCUT2D eigenvalue weighted by Crippen LogP contribution is -2.47. The topological polar surface area (TPSA) is 83.8 Å². The Morgan fingerprint density at radius 2 is 2.05 bits per heavy atom. The minimum Gasteiger partial charge on any atom is -0.434 e. The molecule has 0 bridgehead atoms. The van der Waals surface area contributed by atoms with E-state index in [0.717, 1.165) is 36.8 Å². The van der Waals surface area contributed by atoms with Crippen LogP contribution >= 0.6 is 0 Å². The summed E-state index contributed by atoms with van der Waals surface area (Å²) in [6.45, 7) is 11.5. The molecule has 2 N–H and O–H groups in total. The van der Waals surface area contributed by atoms with E-state index < -0.39 is 11.6 Å². The maximum absolute atomic E-state index is 14.4. The Bertz CT molecular complexity index is 1330. The fourth-order valence-electron chi connectivity index (χ4n) is 4.88. The largest absolute Gasteiger partial charge is 0.434 e. The minimum absolute atomic E-state index is 0.0133. The van der Waals surface area contributed by atoms with Crippen molar-refractivity contribution in [1.82, 2.24) is 20.0 Å². The van der Waals surface area contributed by atoms with Crippen LogP contribution in [0.5, 0.6) is 11.6 Å². The van der Waals surface area contributed by atoms with Crippen LogP contribution in [0.15, 0.2) is 52.6 Å². The van der Waals surface area contributed by atoms with Crippen LogP contribution in [0.1, 0.15) is 34.1 Å². The van der Waals surface area contributed by atoms with Crippen molar-refractivity contribution < 1.29 is 18.3 Å². The molecule has 1 fully saturated rings. The highest BCUT2D eigenvalue weighted by molar-refractivity contribution is 5.82. The summed E-state index contributed by atoms with van der Waals surface area (Å²) in [7, 11) is 2.08. The van der Waals surface area contributed by atoms with Gasteiger partial charge in [0.2, 0.25) is 17.6 Å². The Kier molecular flexibility index (Phi) is 9.16. The molecule has 1 aliphatic heterocycles. The number of amides is 1. The maximum Gasteiger partial charge on any atom is 0.239 e. The van der Waals surface area contributed by atoms with Crippen molar-refractivity contribution in [3.8, 4) is 11.6 Å². The summed E-state index contributed by atoms with van der Waals surface area (Å²) >= 11 is 0. The molecule has 1 aromatic heterocycles. The van der Waals surface area contributed by atoms with Crippen molar-refractivity contribution in [2.24, 2.45) is 16.8 Å². The van der Waals surface area contributed by atoms with Crippen LogP contribution in [0, 0.1) is 23.5 Å². The lowest BCUT2D eigenvalue weighted by Gasteiger charge is -2.36. The molecule has 2 heterocycles. The van der Waals surface area contributed by atoms with E-state index in [1.54, 1.807) is 10.7 Å². The third-order valence-corrected chi connectivity index (χ3v) is 6.78. The van der Waals surface area contributed by atoms with Gasteiger partial charge >= 0.3 is 0 Å². The molecule has 1 aliphatic carbocycles.